The Morgan fingerprint density at radius 2 is 1.84 bits per heavy atom. The van der Waals surface area contributed by atoms with Gasteiger partial charge in [0, 0.05) is 35.3 Å². The average Bonchev–Trinajstić information content (AvgIpc) is 3.17. The highest BCUT2D eigenvalue weighted by Crippen LogP contribution is 2.34. The van der Waals surface area contributed by atoms with Gasteiger partial charge in [-0.05, 0) is 18.2 Å². The third kappa shape index (κ3) is 2.44. The number of aryl methyl sites for hydroxylation is 1. The van der Waals surface area contributed by atoms with Crippen molar-refractivity contribution in [3.05, 3.63) is 71.9 Å². The van der Waals surface area contributed by atoms with Crippen LogP contribution in [0, 0.1) is 0 Å². The topological polar surface area (TPSA) is 60.3 Å². The number of carbonyl (C=O) groups is 2. The molecule has 2 aromatic carbocycles. The number of fused-ring (bicyclic) bond motifs is 1. The van der Waals surface area contributed by atoms with Gasteiger partial charge >= 0.3 is 0 Å². The summed E-state index contributed by atoms with van der Waals surface area (Å²) in [5.41, 5.74) is 1.14. The molecule has 5 heteroatoms. The summed E-state index contributed by atoms with van der Waals surface area (Å²) in [6, 6.07) is 16.7. The van der Waals surface area contributed by atoms with Crippen molar-refractivity contribution in [1.82, 2.24) is 9.88 Å². The first kappa shape index (κ1) is 15.6. The molecule has 25 heavy (non-hydrogen) atoms. The zero-order valence-electron chi connectivity index (χ0n) is 13.9. The molecule has 4 rings (SSSR count). The monoisotopic (exact) mass is 334 g/mol. The van der Waals surface area contributed by atoms with Gasteiger partial charge in [-0.1, -0.05) is 36.4 Å². The second kappa shape index (κ2) is 5.86. The molecule has 1 saturated heterocycles. The number of ketones is 1. The number of nitrogens with zero attached hydrogens (tertiary/aromatic N) is 1. The van der Waals surface area contributed by atoms with E-state index in [1.165, 1.54) is 0 Å². The van der Waals surface area contributed by atoms with E-state index in [-0.39, 0.29) is 24.9 Å². The van der Waals surface area contributed by atoms with Crippen LogP contribution < -0.4 is 5.32 Å². The van der Waals surface area contributed by atoms with E-state index >= 15 is 0 Å². The van der Waals surface area contributed by atoms with Crippen molar-refractivity contribution in [2.75, 3.05) is 13.2 Å². The fourth-order valence-electron chi connectivity index (χ4n) is 3.44. The summed E-state index contributed by atoms with van der Waals surface area (Å²) < 4.78 is 7.41. The number of Topliss-reactive ketones (excluding diaryl/α,β-unsaturated/α-hetero) is 1. The Labute approximate surface area is 145 Å². The standard InChI is InChI=1S/C20H18N2O3/c1-22-11-16(15-9-5-6-10-17(15)22)20(13-25-12-18(20)23)21-19(24)14-7-3-2-4-8-14/h2-11H,12-13H2,1H3,(H,21,24). The molecule has 0 saturated carbocycles. The van der Waals surface area contributed by atoms with Crippen molar-refractivity contribution < 1.29 is 14.3 Å². The maximum absolute atomic E-state index is 12.8. The number of rotatable bonds is 3. The van der Waals surface area contributed by atoms with Gasteiger partial charge in [0.05, 0.1) is 6.61 Å². The van der Waals surface area contributed by atoms with E-state index < -0.39 is 5.54 Å². The Morgan fingerprint density at radius 3 is 2.56 bits per heavy atom. The molecule has 1 amide bonds. The van der Waals surface area contributed by atoms with Crippen LogP contribution in [0.15, 0.2) is 60.8 Å². The Balaban J connectivity index is 1.83. The zero-order valence-corrected chi connectivity index (χ0v) is 13.9. The molecule has 3 aromatic rings. The summed E-state index contributed by atoms with van der Waals surface area (Å²) >= 11 is 0. The first-order valence-electron chi connectivity index (χ1n) is 8.15. The number of ether oxygens (including phenoxy) is 1. The van der Waals surface area contributed by atoms with Crippen LogP contribution in [0.4, 0.5) is 0 Å². The lowest BCUT2D eigenvalue weighted by molar-refractivity contribution is -0.122. The molecule has 126 valence electrons. The maximum atomic E-state index is 12.8. The minimum absolute atomic E-state index is 0.00170. The molecule has 1 aliphatic heterocycles. The third-order valence-electron chi connectivity index (χ3n) is 4.75. The number of para-hydroxylation sites is 1. The molecule has 1 aliphatic rings. The van der Waals surface area contributed by atoms with Gasteiger partial charge in [-0.25, -0.2) is 0 Å². The van der Waals surface area contributed by atoms with Crippen LogP contribution in [0.3, 0.4) is 0 Å². The summed E-state index contributed by atoms with van der Waals surface area (Å²) in [7, 11) is 1.93. The number of hydrogen-bond donors (Lipinski definition) is 1. The third-order valence-corrected chi connectivity index (χ3v) is 4.75. The predicted molar refractivity (Wildman–Crippen MR) is 94.3 cm³/mol. The quantitative estimate of drug-likeness (QED) is 0.800. The maximum Gasteiger partial charge on any atom is 0.252 e. The summed E-state index contributed by atoms with van der Waals surface area (Å²) in [6.45, 7) is 0.136. The van der Waals surface area contributed by atoms with Crippen LogP contribution in [0.2, 0.25) is 0 Å². The Morgan fingerprint density at radius 1 is 1.12 bits per heavy atom. The van der Waals surface area contributed by atoms with E-state index in [1.54, 1.807) is 24.3 Å². The van der Waals surface area contributed by atoms with Crippen molar-refractivity contribution in [3.63, 3.8) is 0 Å². The minimum Gasteiger partial charge on any atom is -0.370 e. The van der Waals surface area contributed by atoms with E-state index in [4.69, 9.17) is 4.74 Å². The van der Waals surface area contributed by atoms with Crippen LogP contribution in [-0.2, 0) is 22.1 Å². The van der Waals surface area contributed by atoms with Crippen molar-refractivity contribution in [2.24, 2.45) is 7.05 Å². The zero-order chi connectivity index (χ0) is 17.4. The molecular weight excluding hydrogens is 316 g/mol. The van der Waals surface area contributed by atoms with Crippen molar-refractivity contribution in [1.29, 1.82) is 0 Å². The molecule has 2 heterocycles. The van der Waals surface area contributed by atoms with Gasteiger partial charge in [-0.15, -0.1) is 0 Å². The van der Waals surface area contributed by atoms with Crippen LogP contribution in [0.1, 0.15) is 15.9 Å². The van der Waals surface area contributed by atoms with Gasteiger partial charge in [-0.2, -0.15) is 0 Å². The van der Waals surface area contributed by atoms with E-state index in [0.717, 1.165) is 16.5 Å². The average molecular weight is 334 g/mol. The van der Waals surface area contributed by atoms with Crippen LogP contribution in [0.5, 0.6) is 0 Å². The Hall–Kier alpha value is -2.92. The van der Waals surface area contributed by atoms with Gasteiger partial charge in [0.1, 0.15) is 6.61 Å². The first-order valence-corrected chi connectivity index (χ1v) is 8.15. The summed E-state index contributed by atoms with van der Waals surface area (Å²) in [5, 5.41) is 3.90. The Kier molecular flexibility index (Phi) is 3.66. The number of aromatic nitrogens is 1. The Bertz CT molecular complexity index is 961. The highest BCUT2D eigenvalue weighted by Gasteiger charge is 2.47. The largest absolute Gasteiger partial charge is 0.370 e. The smallest absolute Gasteiger partial charge is 0.252 e. The van der Waals surface area contributed by atoms with E-state index in [0.29, 0.717) is 5.56 Å². The van der Waals surface area contributed by atoms with Crippen LogP contribution >= 0.6 is 0 Å². The molecule has 5 nitrogen and oxygen atoms in total. The molecule has 1 fully saturated rings. The second-order valence-electron chi connectivity index (χ2n) is 6.31. The lowest BCUT2D eigenvalue weighted by atomic mass is 9.87. The number of benzene rings is 2. The number of amides is 1. The van der Waals surface area contributed by atoms with Crippen molar-refractivity contribution >= 4 is 22.6 Å². The van der Waals surface area contributed by atoms with Gasteiger partial charge < -0.3 is 14.6 Å². The fourth-order valence-corrected chi connectivity index (χ4v) is 3.44. The normalized spacial score (nSPS) is 20.1. The number of carbonyl (C=O) groups excluding carboxylic acids is 2. The van der Waals surface area contributed by atoms with Crippen LogP contribution in [0.25, 0.3) is 10.9 Å². The highest BCUT2D eigenvalue weighted by molar-refractivity contribution is 6.04. The molecule has 0 aliphatic carbocycles. The van der Waals surface area contributed by atoms with Crippen molar-refractivity contribution in [2.45, 2.75) is 5.54 Å². The minimum atomic E-state index is -1.16. The summed E-state index contributed by atoms with van der Waals surface area (Å²) in [5.74, 6) is -0.416. The molecular formula is C20H18N2O3. The molecule has 0 radical (unpaired) electrons. The lowest BCUT2D eigenvalue weighted by Crippen LogP contribution is -2.51. The van der Waals surface area contributed by atoms with Gasteiger partial charge in [0.2, 0.25) is 0 Å². The van der Waals surface area contributed by atoms with E-state index in [2.05, 4.69) is 5.32 Å². The van der Waals surface area contributed by atoms with Crippen molar-refractivity contribution in [3.8, 4) is 0 Å². The summed E-state index contributed by atoms with van der Waals surface area (Å²) in [4.78, 5) is 25.5. The van der Waals surface area contributed by atoms with Crippen LogP contribution in [-0.4, -0.2) is 29.5 Å². The second-order valence-corrected chi connectivity index (χ2v) is 6.31. The molecule has 1 N–H and O–H groups in total. The van der Waals surface area contributed by atoms with E-state index in [9.17, 15) is 9.59 Å². The van der Waals surface area contributed by atoms with Gasteiger partial charge in [0.15, 0.2) is 11.3 Å². The fraction of sp³-hybridized carbons (Fsp3) is 0.200. The van der Waals surface area contributed by atoms with Gasteiger partial charge in [-0.3, -0.25) is 9.59 Å². The number of hydrogen-bond acceptors (Lipinski definition) is 3. The number of nitrogens with one attached hydrogen (secondary N) is 1. The molecule has 1 atom stereocenters. The highest BCUT2D eigenvalue weighted by atomic mass is 16.5. The molecule has 0 bridgehead atoms. The molecule has 1 unspecified atom stereocenters. The predicted octanol–water partition coefficient (Wildman–Crippen LogP) is 2.40. The molecule has 1 aromatic heterocycles. The molecule has 0 spiro atoms. The lowest BCUT2D eigenvalue weighted by Gasteiger charge is -2.27. The summed E-state index contributed by atoms with van der Waals surface area (Å²) in [6.07, 6.45) is 1.91. The van der Waals surface area contributed by atoms with Gasteiger partial charge in [0.25, 0.3) is 5.91 Å². The first-order chi connectivity index (χ1) is 12.1. The SMILES string of the molecule is Cn1cc(C2(NC(=O)c3ccccc3)COCC2=O)c2ccccc21. The van der Waals surface area contributed by atoms with E-state index in [1.807, 2.05) is 48.1 Å².